The maximum absolute atomic E-state index is 10.5. The number of ether oxygens (including phenoxy) is 2. The molecule has 1 aliphatic heterocycles. The van der Waals surface area contributed by atoms with Gasteiger partial charge in [-0.2, -0.15) is 0 Å². The minimum absolute atomic E-state index is 0.0196. The molecule has 0 aliphatic carbocycles. The second-order valence-corrected chi connectivity index (χ2v) is 3.22. The zero-order chi connectivity index (χ0) is 9.68. The Morgan fingerprint density at radius 3 is 3.08 bits per heavy atom. The zero-order valence-corrected chi connectivity index (χ0v) is 7.86. The Morgan fingerprint density at radius 2 is 2.46 bits per heavy atom. The molecule has 4 heteroatoms. The van der Waals surface area contributed by atoms with Crippen LogP contribution in [-0.4, -0.2) is 37.0 Å². The van der Waals surface area contributed by atoms with Crippen LogP contribution in [0.1, 0.15) is 19.8 Å². The molecular weight excluding hydrogens is 172 g/mol. The van der Waals surface area contributed by atoms with Gasteiger partial charge in [-0.3, -0.25) is 4.79 Å². The Bertz CT molecular complexity index is 167. The molecule has 1 N–H and O–H groups in total. The topological polar surface area (TPSA) is 55.8 Å². The summed E-state index contributed by atoms with van der Waals surface area (Å²) in [7, 11) is 0. The van der Waals surface area contributed by atoms with E-state index < -0.39 is 5.97 Å². The first-order valence-electron chi connectivity index (χ1n) is 4.65. The van der Waals surface area contributed by atoms with Gasteiger partial charge < -0.3 is 14.6 Å². The van der Waals surface area contributed by atoms with Crippen LogP contribution in [0, 0.1) is 5.92 Å². The molecule has 1 saturated heterocycles. The Labute approximate surface area is 77.8 Å². The molecular formula is C9H16O4. The van der Waals surface area contributed by atoms with Crippen molar-refractivity contribution in [1.29, 1.82) is 0 Å². The number of carbonyl (C=O) groups is 1. The molecule has 1 fully saturated rings. The number of hydrogen-bond acceptors (Lipinski definition) is 3. The van der Waals surface area contributed by atoms with E-state index in [4.69, 9.17) is 14.6 Å². The third-order valence-electron chi connectivity index (χ3n) is 2.22. The second kappa shape index (κ2) is 5.19. The van der Waals surface area contributed by atoms with Crippen LogP contribution in [0.4, 0.5) is 0 Å². The van der Waals surface area contributed by atoms with Crippen molar-refractivity contribution in [3.63, 3.8) is 0 Å². The molecule has 1 heterocycles. The van der Waals surface area contributed by atoms with Gasteiger partial charge in [0.1, 0.15) is 0 Å². The van der Waals surface area contributed by atoms with Gasteiger partial charge in [0.15, 0.2) is 0 Å². The number of carboxylic acids is 1. The third-order valence-corrected chi connectivity index (χ3v) is 2.22. The van der Waals surface area contributed by atoms with E-state index in [1.165, 1.54) is 0 Å². The van der Waals surface area contributed by atoms with Crippen LogP contribution in [0.25, 0.3) is 0 Å². The summed E-state index contributed by atoms with van der Waals surface area (Å²) in [6.07, 6.45) is 1.02. The predicted octanol–water partition coefficient (Wildman–Crippen LogP) is 0.903. The summed E-state index contributed by atoms with van der Waals surface area (Å²) < 4.78 is 10.7. The van der Waals surface area contributed by atoms with E-state index in [0.717, 1.165) is 6.42 Å². The standard InChI is InChI=1S/C9H16O4/c1-2-13-8-3-4-12-6-7(8)5-9(10)11/h7-8H,2-6H2,1H3,(H,10,11). The maximum Gasteiger partial charge on any atom is 0.303 e. The van der Waals surface area contributed by atoms with Crippen LogP contribution in [-0.2, 0) is 14.3 Å². The van der Waals surface area contributed by atoms with E-state index in [1.54, 1.807) is 0 Å². The Balaban J connectivity index is 2.41. The van der Waals surface area contributed by atoms with Crippen molar-refractivity contribution in [1.82, 2.24) is 0 Å². The van der Waals surface area contributed by atoms with E-state index in [1.807, 2.05) is 6.92 Å². The van der Waals surface area contributed by atoms with Crippen molar-refractivity contribution in [2.45, 2.75) is 25.9 Å². The van der Waals surface area contributed by atoms with E-state index in [2.05, 4.69) is 0 Å². The van der Waals surface area contributed by atoms with Crippen LogP contribution in [0.15, 0.2) is 0 Å². The average Bonchev–Trinajstić information content (AvgIpc) is 2.08. The smallest absolute Gasteiger partial charge is 0.303 e. The van der Waals surface area contributed by atoms with Crippen molar-refractivity contribution < 1.29 is 19.4 Å². The summed E-state index contributed by atoms with van der Waals surface area (Å²) >= 11 is 0. The highest BCUT2D eigenvalue weighted by molar-refractivity contribution is 5.67. The lowest BCUT2D eigenvalue weighted by molar-refractivity contribution is -0.143. The van der Waals surface area contributed by atoms with Crippen molar-refractivity contribution >= 4 is 5.97 Å². The quantitative estimate of drug-likeness (QED) is 0.712. The van der Waals surface area contributed by atoms with Gasteiger partial charge in [-0.15, -0.1) is 0 Å². The molecule has 0 aromatic carbocycles. The summed E-state index contributed by atoms with van der Waals surface area (Å²) in [5.74, 6) is -0.758. The van der Waals surface area contributed by atoms with Crippen LogP contribution >= 0.6 is 0 Å². The molecule has 0 bridgehead atoms. The van der Waals surface area contributed by atoms with Gasteiger partial charge in [0.2, 0.25) is 0 Å². The molecule has 76 valence electrons. The molecule has 0 spiro atoms. The molecule has 1 rings (SSSR count). The van der Waals surface area contributed by atoms with Crippen molar-refractivity contribution in [3.05, 3.63) is 0 Å². The largest absolute Gasteiger partial charge is 0.481 e. The molecule has 0 saturated carbocycles. The highest BCUT2D eigenvalue weighted by Crippen LogP contribution is 2.21. The number of hydrogen-bond donors (Lipinski definition) is 1. The summed E-state index contributed by atoms with van der Waals surface area (Å²) in [5, 5.41) is 8.64. The fraction of sp³-hybridized carbons (Fsp3) is 0.889. The molecule has 2 unspecified atom stereocenters. The average molecular weight is 188 g/mol. The lowest BCUT2D eigenvalue weighted by atomic mass is 9.95. The van der Waals surface area contributed by atoms with Gasteiger partial charge in [0, 0.05) is 19.1 Å². The molecule has 0 aromatic rings. The Kier molecular flexibility index (Phi) is 4.18. The van der Waals surface area contributed by atoms with E-state index >= 15 is 0 Å². The van der Waals surface area contributed by atoms with Gasteiger partial charge in [-0.05, 0) is 13.3 Å². The van der Waals surface area contributed by atoms with Crippen molar-refractivity contribution in [3.8, 4) is 0 Å². The van der Waals surface area contributed by atoms with Gasteiger partial charge in [-0.1, -0.05) is 0 Å². The molecule has 0 aromatic heterocycles. The molecule has 2 atom stereocenters. The number of carboxylic acid groups (broad SMARTS) is 1. The van der Waals surface area contributed by atoms with Crippen molar-refractivity contribution in [2.75, 3.05) is 19.8 Å². The summed E-state index contributed by atoms with van der Waals surface area (Å²) in [4.78, 5) is 10.5. The highest BCUT2D eigenvalue weighted by atomic mass is 16.5. The number of rotatable bonds is 4. The van der Waals surface area contributed by atoms with Gasteiger partial charge >= 0.3 is 5.97 Å². The SMILES string of the molecule is CCOC1CCOCC1CC(=O)O. The van der Waals surface area contributed by atoms with Gasteiger partial charge in [0.05, 0.1) is 19.1 Å². The number of aliphatic carboxylic acids is 1. The van der Waals surface area contributed by atoms with Gasteiger partial charge in [0.25, 0.3) is 0 Å². The molecule has 13 heavy (non-hydrogen) atoms. The molecule has 0 amide bonds. The lowest BCUT2D eigenvalue weighted by Gasteiger charge is -2.30. The van der Waals surface area contributed by atoms with Crippen molar-refractivity contribution in [2.24, 2.45) is 5.92 Å². The first-order chi connectivity index (χ1) is 6.24. The summed E-state index contributed by atoms with van der Waals surface area (Å²) in [5.41, 5.74) is 0. The van der Waals surface area contributed by atoms with Gasteiger partial charge in [-0.25, -0.2) is 0 Å². The minimum atomic E-state index is -0.778. The molecule has 0 radical (unpaired) electrons. The Morgan fingerprint density at radius 1 is 1.69 bits per heavy atom. The normalized spacial score (nSPS) is 28.7. The third kappa shape index (κ3) is 3.32. The Hall–Kier alpha value is -0.610. The fourth-order valence-corrected chi connectivity index (χ4v) is 1.63. The van der Waals surface area contributed by atoms with E-state index in [0.29, 0.717) is 19.8 Å². The molecule has 4 nitrogen and oxygen atoms in total. The zero-order valence-electron chi connectivity index (χ0n) is 7.86. The lowest BCUT2D eigenvalue weighted by Crippen LogP contribution is -2.35. The second-order valence-electron chi connectivity index (χ2n) is 3.22. The predicted molar refractivity (Wildman–Crippen MR) is 46.6 cm³/mol. The maximum atomic E-state index is 10.5. The first kappa shape index (κ1) is 10.5. The fourth-order valence-electron chi connectivity index (χ4n) is 1.63. The van der Waals surface area contributed by atoms with Crippen LogP contribution in [0.3, 0.4) is 0 Å². The van der Waals surface area contributed by atoms with Crippen LogP contribution in [0.5, 0.6) is 0 Å². The highest BCUT2D eigenvalue weighted by Gasteiger charge is 2.27. The van der Waals surface area contributed by atoms with Crippen LogP contribution < -0.4 is 0 Å². The monoisotopic (exact) mass is 188 g/mol. The first-order valence-corrected chi connectivity index (χ1v) is 4.65. The minimum Gasteiger partial charge on any atom is -0.481 e. The summed E-state index contributed by atoms with van der Waals surface area (Å²) in [6, 6.07) is 0. The summed E-state index contributed by atoms with van der Waals surface area (Å²) in [6.45, 7) is 3.76. The van der Waals surface area contributed by atoms with E-state index in [-0.39, 0.29) is 18.4 Å². The van der Waals surface area contributed by atoms with Crippen LogP contribution in [0.2, 0.25) is 0 Å². The molecule has 1 aliphatic rings. The van der Waals surface area contributed by atoms with E-state index in [9.17, 15) is 4.79 Å².